The van der Waals surface area contributed by atoms with Gasteiger partial charge in [-0.25, -0.2) is 4.99 Å². The zero-order chi connectivity index (χ0) is 20.7. The minimum absolute atomic E-state index is 0.218. The number of hydrogen-bond acceptors (Lipinski definition) is 7. The maximum atomic E-state index is 5.62. The molecular formula is C22H26N6O2. The molecule has 0 spiro atoms. The van der Waals surface area contributed by atoms with E-state index in [2.05, 4.69) is 32.1 Å². The van der Waals surface area contributed by atoms with E-state index >= 15 is 0 Å². The number of fused-ring (bicyclic) bond motifs is 2. The third-order valence-corrected chi connectivity index (χ3v) is 6.07. The molecule has 0 saturated carbocycles. The number of ether oxygens (including phenoxy) is 2. The van der Waals surface area contributed by atoms with E-state index in [1.54, 1.807) is 20.4 Å². The van der Waals surface area contributed by atoms with Crippen LogP contribution in [0.15, 0.2) is 46.3 Å². The Labute approximate surface area is 175 Å². The van der Waals surface area contributed by atoms with Crippen molar-refractivity contribution in [1.82, 2.24) is 20.0 Å². The molecule has 156 valence electrons. The Bertz CT molecular complexity index is 1050. The van der Waals surface area contributed by atoms with Crippen LogP contribution in [0, 0.1) is 0 Å². The van der Waals surface area contributed by atoms with Gasteiger partial charge in [-0.05, 0) is 41.7 Å². The third kappa shape index (κ3) is 3.22. The van der Waals surface area contributed by atoms with Gasteiger partial charge in [0.25, 0.3) is 0 Å². The number of aromatic amines is 1. The highest BCUT2D eigenvalue weighted by molar-refractivity contribution is 5.89. The first-order valence-electron chi connectivity index (χ1n) is 10.2. The fourth-order valence-electron chi connectivity index (χ4n) is 4.40. The average molecular weight is 406 g/mol. The Morgan fingerprint density at radius 1 is 1.10 bits per heavy atom. The van der Waals surface area contributed by atoms with Crippen LogP contribution in [0.3, 0.4) is 0 Å². The Morgan fingerprint density at radius 3 is 2.80 bits per heavy atom. The molecule has 1 unspecified atom stereocenters. The number of aromatic nitrogens is 2. The molecule has 1 atom stereocenters. The fourth-order valence-corrected chi connectivity index (χ4v) is 4.40. The molecule has 8 heteroatoms. The van der Waals surface area contributed by atoms with Crippen LogP contribution < -0.4 is 4.74 Å². The number of hydrogen-bond donors (Lipinski definition) is 1. The Hall–Kier alpha value is -3.29. The standard InChI is InChI=1S/C22H26N6O2/c1-27-21(25-17-5-7-19-15(8-17)10-24-26-19)20(30-3)11-23-22(27)28-12-14-4-6-18(29-2)9-16(14)13-28/h4,6,9-11,21H,5,7-8,12-13H2,1-3H3,(H,24,26). The van der Waals surface area contributed by atoms with Gasteiger partial charge >= 0.3 is 0 Å². The number of methoxy groups -OCH3 is 2. The molecule has 2 aliphatic heterocycles. The van der Waals surface area contributed by atoms with Gasteiger partial charge in [0.2, 0.25) is 5.96 Å². The number of likely N-dealkylation sites (N-methyl/N-ethyl adjacent to an activating group) is 1. The summed E-state index contributed by atoms with van der Waals surface area (Å²) in [6.07, 6.45) is 6.20. The van der Waals surface area contributed by atoms with E-state index in [4.69, 9.17) is 19.5 Å². The lowest BCUT2D eigenvalue weighted by Crippen LogP contribution is -2.47. The van der Waals surface area contributed by atoms with E-state index in [0.717, 1.165) is 49.8 Å². The molecule has 0 radical (unpaired) electrons. The lowest BCUT2D eigenvalue weighted by atomic mass is 9.96. The molecule has 5 rings (SSSR count). The number of H-pyrrole nitrogens is 1. The Morgan fingerprint density at radius 2 is 1.97 bits per heavy atom. The minimum atomic E-state index is -0.218. The monoisotopic (exact) mass is 406 g/mol. The summed E-state index contributed by atoms with van der Waals surface area (Å²) in [7, 11) is 5.42. The fraction of sp³-hybridized carbons (Fsp3) is 0.409. The number of nitrogens with zero attached hydrogens (tertiary/aromatic N) is 5. The molecule has 1 aromatic carbocycles. The summed E-state index contributed by atoms with van der Waals surface area (Å²) in [5, 5.41) is 7.25. The van der Waals surface area contributed by atoms with Gasteiger partial charge in [0, 0.05) is 38.0 Å². The average Bonchev–Trinajstić information content (AvgIpc) is 3.40. The van der Waals surface area contributed by atoms with Gasteiger partial charge in [-0.1, -0.05) is 6.07 Å². The van der Waals surface area contributed by atoms with Crippen LogP contribution in [0.2, 0.25) is 0 Å². The second-order valence-corrected chi connectivity index (χ2v) is 7.89. The summed E-state index contributed by atoms with van der Waals surface area (Å²) in [4.78, 5) is 14.2. The van der Waals surface area contributed by atoms with Gasteiger partial charge in [0.1, 0.15) is 5.75 Å². The van der Waals surface area contributed by atoms with E-state index < -0.39 is 0 Å². The molecular weight excluding hydrogens is 380 g/mol. The second-order valence-electron chi connectivity index (χ2n) is 7.89. The van der Waals surface area contributed by atoms with Gasteiger partial charge in [-0.15, -0.1) is 0 Å². The molecule has 0 saturated heterocycles. The molecule has 2 aromatic rings. The van der Waals surface area contributed by atoms with Crippen molar-refractivity contribution in [3.05, 3.63) is 58.7 Å². The predicted molar refractivity (Wildman–Crippen MR) is 114 cm³/mol. The molecule has 1 aliphatic carbocycles. The third-order valence-electron chi connectivity index (χ3n) is 6.07. The number of nitrogens with one attached hydrogen (secondary N) is 1. The van der Waals surface area contributed by atoms with E-state index in [-0.39, 0.29) is 6.17 Å². The van der Waals surface area contributed by atoms with Crippen molar-refractivity contribution >= 4 is 11.7 Å². The SMILES string of the molecule is COC1=CN=C(N2Cc3ccc(OC)cc3C2)N(C)C1N=C1CCc2[nH]ncc2C1. The summed E-state index contributed by atoms with van der Waals surface area (Å²) in [5.41, 5.74) is 6.20. The highest BCUT2D eigenvalue weighted by Gasteiger charge is 2.33. The first-order valence-corrected chi connectivity index (χ1v) is 10.2. The second kappa shape index (κ2) is 7.51. The molecule has 1 N–H and O–H groups in total. The molecule has 1 aromatic heterocycles. The van der Waals surface area contributed by atoms with Crippen molar-refractivity contribution in [1.29, 1.82) is 0 Å². The van der Waals surface area contributed by atoms with Crippen molar-refractivity contribution in [2.75, 3.05) is 21.3 Å². The number of benzene rings is 1. The largest absolute Gasteiger partial charge is 0.497 e. The van der Waals surface area contributed by atoms with E-state index in [1.165, 1.54) is 28.1 Å². The normalized spacial score (nSPS) is 21.8. The first-order chi connectivity index (χ1) is 14.7. The number of aliphatic imine (C=N–C) groups is 2. The zero-order valence-corrected chi connectivity index (χ0v) is 17.6. The summed E-state index contributed by atoms with van der Waals surface area (Å²) in [6, 6.07) is 6.26. The maximum absolute atomic E-state index is 5.62. The van der Waals surface area contributed by atoms with E-state index in [1.807, 2.05) is 19.3 Å². The van der Waals surface area contributed by atoms with Crippen molar-refractivity contribution < 1.29 is 9.47 Å². The van der Waals surface area contributed by atoms with Gasteiger partial charge in [0.15, 0.2) is 11.9 Å². The highest BCUT2D eigenvalue weighted by Crippen LogP contribution is 2.30. The van der Waals surface area contributed by atoms with Gasteiger partial charge in [-0.3, -0.25) is 10.1 Å². The maximum Gasteiger partial charge on any atom is 0.203 e. The van der Waals surface area contributed by atoms with Crippen LogP contribution in [0.1, 0.15) is 28.8 Å². The predicted octanol–water partition coefficient (Wildman–Crippen LogP) is 2.48. The van der Waals surface area contributed by atoms with Crippen molar-refractivity contribution in [3.8, 4) is 5.75 Å². The highest BCUT2D eigenvalue weighted by atomic mass is 16.5. The summed E-state index contributed by atoms with van der Waals surface area (Å²) >= 11 is 0. The molecule has 3 aliphatic rings. The van der Waals surface area contributed by atoms with Crippen LogP contribution >= 0.6 is 0 Å². The molecule has 30 heavy (non-hydrogen) atoms. The lowest BCUT2D eigenvalue weighted by molar-refractivity contribution is 0.202. The number of rotatable bonds is 3. The van der Waals surface area contributed by atoms with Gasteiger partial charge in [0.05, 0.1) is 26.6 Å². The van der Waals surface area contributed by atoms with Crippen LogP contribution in [-0.4, -0.2) is 59.1 Å². The van der Waals surface area contributed by atoms with Gasteiger partial charge < -0.3 is 19.3 Å². The van der Waals surface area contributed by atoms with Crippen LogP contribution in [0.25, 0.3) is 0 Å². The van der Waals surface area contributed by atoms with Crippen LogP contribution in [0.4, 0.5) is 0 Å². The molecule has 0 amide bonds. The zero-order valence-electron chi connectivity index (χ0n) is 17.6. The van der Waals surface area contributed by atoms with Crippen LogP contribution in [0.5, 0.6) is 5.75 Å². The molecule has 0 bridgehead atoms. The minimum Gasteiger partial charge on any atom is -0.497 e. The summed E-state index contributed by atoms with van der Waals surface area (Å²) < 4.78 is 11.0. The smallest absolute Gasteiger partial charge is 0.203 e. The van der Waals surface area contributed by atoms with Crippen molar-refractivity contribution in [2.24, 2.45) is 9.98 Å². The number of guanidine groups is 1. The molecule has 0 fully saturated rings. The quantitative estimate of drug-likeness (QED) is 0.847. The topological polar surface area (TPSA) is 78.3 Å². The van der Waals surface area contributed by atoms with Crippen molar-refractivity contribution in [3.63, 3.8) is 0 Å². The molecule has 3 heterocycles. The summed E-state index contributed by atoms with van der Waals surface area (Å²) in [5.74, 6) is 2.54. The lowest BCUT2D eigenvalue weighted by Gasteiger charge is -2.36. The number of aryl methyl sites for hydroxylation is 1. The Kier molecular flexibility index (Phi) is 4.69. The summed E-state index contributed by atoms with van der Waals surface area (Å²) in [6.45, 7) is 1.62. The van der Waals surface area contributed by atoms with Crippen molar-refractivity contribution in [2.45, 2.75) is 38.5 Å². The Balaban J connectivity index is 1.38. The van der Waals surface area contributed by atoms with E-state index in [0.29, 0.717) is 0 Å². The van der Waals surface area contributed by atoms with Gasteiger partial charge in [-0.2, -0.15) is 5.10 Å². The van der Waals surface area contributed by atoms with E-state index in [9.17, 15) is 0 Å². The first kappa shape index (κ1) is 18.7. The van der Waals surface area contributed by atoms with Crippen LogP contribution in [-0.2, 0) is 30.7 Å². The molecule has 8 nitrogen and oxygen atoms in total.